The van der Waals surface area contributed by atoms with Gasteiger partial charge in [-0.25, -0.2) is 4.79 Å². The van der Waals surface area contributed by atoms with Gasteiger partial charge in [0.1, 0.15) is 0 Å². The Balaban J connectivity index is 2.53. The molecule has 0 unspecified atom stereocenters. The Morgan fingerprint density at radius 2 is 2.11 bits per heavy atom. The van der Waals surface area contributed by atoms with E-state index in [1.807, 2.05) is 25.1 Å². The van der Waals surface area contributed by atoms with Gasteiger partial charge in [0.05, 0.1) is 19.2 Å². The van der Waals surface area contributed by atoms with Crippen LogP contribution in [0.2, 0.25) is 0 Å². The maximum Gasteiger partial charge on any atom is 0.319 e. The molecule has 1 aromatic rings. The highest BCUT2D eigenvalue weighted by atomic mass is 79.9. The summed E-state index contributed by atoms with van der Waals surface area (Å²) in [6.45, 7) is 3.70. The van der Waals surface area contributed by atoms with Gasteiger partial charge in [0.2, 0.25) is 0 Å². The Kier molecular flexibility index (Phi) is 5.82. The zero-order valence-corrected chi connectivity index (χ0v) is 12.7. The summed E-state index contributed by atoms with van der Waals surface area (Å²) in [6, 6.07) is 4.97. The predicted octanol–water partition coefficient (Wildman–Crippen LogP) is 2.83. The van der Waals surface area contributed by atoms with Crippen molar-refractivity contribution in [1.82, 2.24) is 5.32 Å². The molecule has 1 aromatic carbocycles. The van der Waals surface area contributed by atoms with Gasteiger partial charge in [-0.15, -0.1) is 0 Å². The van der Waals surface area contributed by atoms with Gasteiger partial charge in [0.25, 0.3) is 0 Å². The second-order valence-corrected chi connectivity index (χ2v) is 5.12. The monoisotopic (exact) mass is 328 g/mol. The number of ether oxygens (including phenoxy) is 1. The van der Waals surface area contributed by atoms with E-state index in [0.29, 0.717) is 5.69 Å². The van der Waals surface area contributed by atoms with E-state index >= 15 is 0 Å². The fourth-order valence-electron chi connectivity index (χ4n) is 1.49. The number of urea groups is 1. The van der Waals surface area contributed by atoms with E-state index in [1.54, 1.807) is 6.92 Å². The standard InChI is InChI=1S/C13H17BrN2O3/c1-8-4-5-11(10(14)6-8)16-13(18)15-9(2)7-12(17)19-3/h4-6,9H,7H2,1-3H3,(H2,15,16,18)/t9-/m0/s1. The minimum Gasteiger partial charge on any atom is -0.469 e. The molecule has 2 amide bonds. The topological polar surface area (TPSA) is 67.4 Å². The molecular formula is C13H17BrN2O3. The highest BCUT2D eigenvalue weighted by molar-refractivity contribution is 9.10. The minimum absolute atomic E-state index is 0.138. The van der Waals surface area contributed by atoms with Gasteiger partial charge < -0.3 is 15.4 Å². The first-order valence-electron chi connectivity index (χ1n) is 5.83. The first-order valence-corrected chi connectivity index (χ1v) is 6.62. The average Bonchev–Trinajstić information content (AvgIpc) is 2.32. The third-order valence-corrected chi connectivity index (χ3v) is 3.11. The van der Waals surface area contributed by atoms with E-state index in [2.05, 4.69) is 31.3 Å². The number of nitrogens with one attached hydrogen (secondary N) is 2. The van der Waals surface area contributed by atoms with Gasteiger partial charge in [-0.3, -0.25) is 4.79 Å². The third-order valence-electron chi connectivity index (χ3n) is 2.45. The number of esters is 1. The normalized spacial score (nSPS) is 11.6. The van der Waals surface area contributed by atoms with Crippen molar-refractivity contribution < 1.29 is 14.3 Å². The molecule has 1 atom stereocenters. The number of hydrogen-bond acceptors (Lipinski definition) is 3. The van der Waals surface area contributed by atoms with Crippen LogP contribution in [0.1, 0.15) is 18.9 Å². The Bertz CT molecular complexity index is 477. The molecule has 6 heteroatoms. The Morgan fingerprint density at radius 1 is 1.42 bits per heavy atom. The molecule has 1 rings (SSSR count). The molecule has 0 radical (unpaired) electrons. The number of carbonyl (C=O) groups is 2. The SMILES string of the molecule is COC(=O)C[C@H](C)NC(=O)Nc1ccc(C)cc1Br. The summed E-state index contributed by atoms with van der Waals surface area (Å²) in [5, 5.41) is 5.37. The molecule has 0 bridgehead atoms. The van der Waals surface area contributed by atoms with Gasteiger partial charge >= 0.3 is 12.0 Å². The van der Waals surface area contributed by atoms with Crippen LogP contribution in [-0.4, -0.2) is 25.2 Å². The molecule has 0 fully saturated rings. The molecule has 0 spiro atoms. The summed E-state index contributed by atoms with van der Waals surface area (Å²) >= 11 is 3.38. The van der Waals surface area contributed by atoms with Crippen molar-refractivity contribution in [3.63, 3.8) is 0 Å². The molecule has 0 aliphatic carbocycles. The average molecular weight is 329 g/mol. The van der Waals surface area contributed by atoms with Crippen LogP contribution in [-0.2, 0) is 9.53 Å². The van der Waals surface area contributed by atoms with Crippen molar-refractivity contribution in [3.05, 3.63) is 28.2 Å². The molecule has 0 aliphatic heterocycles. The van der Waals surface area contributed by atoms with Gasteiger partial charge in [-0.1, -0.05) is 6.07 Å². The Labute approximate surface area is 120 Å². The number of amides is 2. The number of carbonyl (C=O) groups excluding carboxylic acids is 2. The second kappa shape index (κ2) is 7.13. The van der Waals surface area contributed by atoms with Gasteiger partial charge in [-0.05, 0) is 47.5 Å². The molecule has 0 heterocycles. The van der Waals surface area contributed by atoms with Crippen molar-refractivity contribution in [1.29, 1.82) is 0 Å². The van der Waals surface area contributed by atoms with Crippen LogP contribution >= 0.6 is 15.9 Å². The molecular weight excluding hydrogens is 312 g/mol. The van der Waals surface area contributed by atoms with Crippen LogP contribution in [0.5, 0.6) is 0 Å². The van der Waals surface area contributed by atoms with E-state index in [0.717, 1.165) is 10.0 Å². The molecule has 0 aromatic heterocycles. The minimum atomic E-state index is -0.360. The van der Waals surface area contributed by atoms with Crippen molar-refractivity contribution in [3.8, 4) is 0 Å². The molecule has 2 N–H and O–H groups in total. The lowest BCUT2D eigenvalue weighted by Gasteiger charge is -2.14. The quantitative estimate of drug-likeness (QED) is 0.835. The molecule has 104 valence electrons. The zero-order chi connectivity index (χ0) is 14.4. The largest absolute Gasteiger partial charge is 0.469 e. The maximum absolute atomic E-state index is 11.7. The van der Waals surface area contributed by atoms with E-state index in [4.69, 9.17) is 0 Å². The number of hydrogen-bond donors (Lipinski definition) is 2. The summed E-state index contributed by atoms with van der Waals surface area (Å²) in [7, 11) is 1.32. The van der Waals surface area contributed by atoms with E-state index in [1.165, 1.54) is 7.11 Å². The third kappa shape index (κ3) is 5.30. The lowest BCUT2D eigenvalue weighted by molar-refractivity contribution is -0.141. The van der Waals surface area contributed by atoms with E-state index < -0.39 is 0 Å². The van der Waals surface area contributed by atoms with Crippen molar-refractivity contribution in [2.75, 3.05) is 12.4 Å². The molecule has 19 heavy (non-hydrogen) atoms. The van der Waals surface area contributed by atoms with Crippen LogP contribution in [0.4, 0.5) is 10.5 Å². The lowest BCUT2D eigenvalue weighted by atomic mass is 10.2. The molecule has 0 saturated carbocycles. The summed E-state index contributed by atoms with van der Waals surface area (Å²) < 4.78 is 5.34. The maximum atomic E-state index is 11.7. The smallest absolute Gasteiger partial charge is 0.319 e. The molecule has 5 nitrogen and oxygen atoms in total. The zero-order valence-electron chi connectivity index (χ0n) is 11.1. The predicted molar refractivity (Wildman–Crippen MR) is 77.1 cm³/mol. The highest BCUT2D eigenvalue weighted by Gasteiger charge is 2.12. The van der Waals surface area contributed by atoms with Gasteiger partial charge in [0.15, 0.2) is 0 Å². The first-order chi connectivity index (χ1) is 8.92. The summed E-state index contributed by atoms with van der Waals surface area (Å²) in [6.07, 6.45) is 0.138. The van der Waals surface area contributed by atoms with Gasteiger partial charge in [0, 0.05) is 10.5 Å². The summed E-state index contributed by atoms with van der Waals surface area (Å²) in [5.41, 5.74) is 1.77. The van der Waals surface area contributed by atoms with Crippen LogP contribution < -0.4 is 10.6 Å². The first kappa shape index (κ1) is 15.5. The number of anilines is 1. The Hall–Kier alpha value is -1.56. The van der Waals surface area contributed by atoms with Gasteiger partial charge in [-0.2, -0.15) is 0 Å². The summed E-state index contributed by atoms with van der Waals surface area (Å²) in [4.78, 5) is 22.8. The Morgan fingerprint density at radius 3 is 2.68 bits per heavy atom. The highest BCUT2D eigenvalue weighted by Crippen LogP contribution is 2.23. The van der Waals surface area contributed by atoms with Crippen molar-refractivity contribution in [2.45, 2.75) is 26.3 Å². The van der Waals surface area contributed by atoms with Crippen LogP contribution in [0.3, 0.4) is 0 Å². The molecule has 0 aliphatic rings. The van der Waals surface area contributed by atoms with Crippen LogP contribution in [0.15, 0.2) is 22.7 Å². The van der Waals surface area contributed by atoms with Crippen LogP contribution in [0.25, 0.3) is 0 Å². The summed E-state index contributed by atoms with van der Waals surface area (Å²) in [5.74, 6) is -0.357. The van der Waals surface area contributed by atoms with E-state index in [9.17, 15) is 9.59 Å². The second-order valence-electron chi connectivity index (χ2n) is 4.26. The van der Waals surface area contributed by atoms with Crippen molar-refractivity contribution in [2.24, 2.45) is 0 Å². The fourth-order valence-corrected chi connectivity index (χ4v) is 2.08. The number of halogens is 1. The van der Waals surface area contributed by atoms with E-state index in [-0.39, 0.29) is 24.5 Å². The number of rotatable bonds is 4. The fraction of sp³-hybridized carbons (Fsp3) is 0.385. The molecule has 0 saturated heterocycles. The lowest BCUT2D eigenvalue weighted by Crippen LogP contribution is -2.37. The van der Waals surface area contributed by atoms with Crippen LogP contribution in [0, 0.1) is 6.92 Å². The number of methoxy groups -OCH3 is 1. The van der Waals surface area contributed by atoms with Crippen molar-refractivity contribution >= 4 is 33.6 Å². The number of benzene rings is 1. The number of aryl methyl sites for hydroxylation is 1.